The number of alkyl halides is 2. The largest absolute Gasteiger partial charge is 0.464 e. The van der Waals surface area contributed by atoms with Crippen molar-refractivity contribution in [1.82, 2.24) is 4.57 Å². The van der Waals surface area contributed by atoms with Gasteiger partial charge in [-0.05, 0) is 6.07 Å². The van der Waals surface area contributed by atoms with Crippen molar-refractivity contribution in [3.8, 4) is 0 Å². The van der Waals surface area contributed by atoms with Gasteiger partial charge in [0.2, 0.25) is 0 Å². The Morgan fingerprint density at radius 2 is 2.31 bits per heavy atom. The first-order valence-electron chi connectivity index (χ1n) is 3.40. The van der Waals surface area contributed by atoms with Gasteiger partial charge in [0.1, 0.15) is 5.69 Å². The third-order valence-corrected chi connectivity index (χ3v) is 1.47. The molecule has 13 heavy (non-hydrogen) atoms. The molecule has 0 aliphatic rings. The number of esters is 1. The average molecular weight is 190 g/mol. The molecule has 4 nitrogen and oxygen atoms in total. The maximum Gasteiger partial charge on any atom is 0.354 e. The van der Waals surface area contributed by atoms with E-state index < -0.39 is 12.5 Å². The Kier molecular flexibility index (Phi) is 2.50. The van der Waals surface area contributed by atoms with Gasteiger partial charge in [-0.2, -0.15) is 8.78 Å². The van der Waals surface area contributed by atoms with Crippen LogP contribution in [0.3, 0.4) is 0 Å². The zero-order chi connectivity index (χ0) is 10.0. The van der Waals surface area contributed by atoms with Gasteiger partial charge in [-0.1, -0.05) is 0 Å². The number of halogens is 2. The van der Waals surface area contributed by atoms with Crippen molar-refractivity contribution in [2.45, 2.75) is 6.55 Å². The fourth-order valence-electron chi connectivity index (χ4n) is 0.930. The van der Waals surface area contributed by atoms with Crippen LogP contribution in [0.1, 0.15) is 17.0 Å². The molecule has 1 aromatic rings. The number of nitrogens with two attached hydrogens (primary N) is 1. The zero-order valence-corrected chi connectivity index (χ0v) is 6.83. The summed E-state index contributed by atoms with van der Waals surface area (Å²) in [6.45, 7) is -2.80. The molecule has 0 aromatic carbocycles. The van der Waals surface area contributed by atoms with E-state index in [4.69, 9.17) is 5.73 Å². The molecule has 6 heteroatoms. The highest BCUT2D eigenvalue weighted by Crippen LogP contribution is 2.19. The number of nitrogens with zero attached hydrogens (tertiary/aromatic N) is 1. The first kappa shape index (κ1) is 9.50. The summed E-state index contributed by atoms with van der Waals surface area (Å²) >= 11 is 0. The first-order chi connectivity index (χ1) is 6.06. The molecule has 0 radical (unpaired) electrons. The van der Waals surface area contributed by atoms with Crippen LogP contribution in [0.5, 0.6) is 0 Å². The van der Waals surface area contributed by atoms with E-state index in [-0.39, 0.29) is 11.4 Å². The summed E-state index contributed by atoms with van der Waals surface area (Å²) in [6.07, 6.45) is 0.983. The molecule has 0 aliphatic heterocycles. The maximum absolute atomic E-state index is 12.2. The Morgan fingerprint density at radius 1 is 1.69 bits per heavy atom. The van der Waals surface area contributed by atoms with Crippen LogP contribution in [0, 0.1) is 0 Å². The van der Waals surface area contributed by atoms with Gasteiger partial charge in [-0.3, -0.25) is 4.57 Å². The molecule has 1 heterocycles. The summed E-state index contributed by atoms with van der Waals surface area (Å²) in [7, 11) is 1.11. The summed E-state index contributed by atoms with van der Waals surface area (Å²) in [5.41, 5.74) is 5.09. The van der Waals surface area contributed by atoms with Gasteiger partial charge in [-0.15, -0.1) is 0 Å². The Hall–Kier alpha value is -1.59. The Labute approximate surface area is 72.9 Å². The normalized spacial score (nSPS) is 10.5. The Bertz CT molecular complexity index is 322. The highest BCUT2D eigenvalue weighted by atomic mass is 19.3. The van der Waals surface area contributed by atoms with Crippen molar-refractivity contribution < 1.29 is 18.3 Å². The Morgan fingerprint density at radius 3 is 2.77 bits per heavy atom. The molecule has 0 bridgehead atoms. The minimum atomic E-state index is -2.80. The monoisotopic (exact) mass is 190 g/mol. The predicted octanol–water partition coefficient (Wildman–Crippen LogP) is 1.25. The summed E-state index contributed by atoms with van der Waals surface area (Å²) in [5, 5.41) is 0. The lowest BCUT2D eigenvalue weighted by molar-refractivity contribution is 0.0468. The van der Waals surface area contributed by atoms with Gasteiger partial charge in [0.15, 0.2) is 0 Å². The fourth-order valence-corrected chi connectivity index (χ4v) is 0.930. The van der Waals surface area contributed by atoms with E-state index >= 15 is 0 Å². The van der Waals surface area contributed by atoms with Gasteiger partial charge in [0, 0.05) is 6.20 Å². The molecule has 0 spiro atoms. The van der Waals surface area contributed by atoms with Crippen LogP contribution >= 0.6 is 0 Å². The lowest BCUT2D eigenvalue weighted by Crippen LogP contribution is -2.10. The summed E-state index contributed by atoms with van der Waals surface area (Å²) in [4.78, 5) is 10.9. The second-order valence-electron chi connectivity index (χ2n) is 2.34. The first-order valence-corrected chi connectivity index (χ1v) is 3.40. The van der Waals surface area contributed by atoms with Crippen LogP contribution in [0.25, 0.3) is 0 Å². The maximum atomic E-state index is 12.2. The van der Waals surface area contributed by atoms with E-state index in [1.165, 1.54) is 0 Å². The van der Waals surface area contributed by atoms with Crippen LogP contribution in [0.15, 0.2) is 12.3 Å². The standard InChI is InChI=1S/C7H8F2N2O2/c1-13-6(12)5-2-4(10)3-11(5)7(8)9/h2-3,7H,10H2,1H3. The number of anilines is 1. The summed E-state index contributed by atoms with van der Waals surface area (Å²) in [6, 6.07) is 1.14. The smallest absolute Gasteiger partial charge is 0.354 e. The van der Waals surface area contributed by atoms with Crippen molar-refractivity contribution in [2.24, 2.45) is 0 Å². The van der Waals surface area contributed by atoms with Crippen LogP contribution < -0.4 is 5.73 Å². The van der Waals surface area contributed by atoms with Gasteiger partial charge >= 0.3 is 12.5 Å². The van der Waals surface area contributed by atoms with Crippen LogP contribution in [0.2, 0.25) is 0 Å². The van der Waals surface area contributed by atoms with E-state index in [1.807, 2.05) is 0 Å². The number of rotatable bonds is 2. The highest BCUT2D eigenvalue weighted by molar-refractivity contribution is 5.88. The third kappa shape index (κ3) is 1.77. The number of hydrogen-bond acceptors (Lipinski definition) is 3. The van der Waals surface area contributed by atoms with Crippen molar-refractivity contribution in [1.29, 1.82) is 0 Å². The fraction of sp³-hybridized carbons (Fsp3) is 0.286. The molecule has 1 aromatic heterocycles. The molecule has 0 saturated carbocycles. The molecule has 0 amide bonds. The molecular weight excluding hydrogens is 182 g/mol. The van der Waals surface area contributed by atoms with Crippen LogP contribution in [-0.2, 0) is 4.74 Å². The van der Waals surface area contributed by atoms with E-state index in [2.05, 4.69) is 4.74 Å². The lowest BCUT2D eigenvalue weighted by atomic mass is 10.4. The molecule has 0 aliphatic carbocycles. The van der Waals surface area contributed by atoms with Crippen LogP contribution in [0.4, 0.5) is 14.5 Å². The highest BCUT2D eigenvalue weighted by Gasteiger charge is 2.18. The molecule has 1 rings (SSSR count). The van der Waals surface area contributed by atoms with Crippen molar-refractivity contribution in [3.63, 3.8) is 0 Å². The lowest BCUT2D eigenvalue weighted by Gasteiger charge is -2.04. The third-order valence-electron chi connectivity index (χ3n) is 1.47. The molecule has 72 valence electrons. The second-order valence-corrected chi connectivity index (χ2v) is 2.34. The molecule has 0 atom stereocenters. The van der Waals surface area contributed by atoms with Gasteiger partial charge in [-0.25, -0.2) is 4.79 Å². The second kappa shape index (κ2) is 3.42. The number of nitrogen functional groups attached to an aromatic ring is 1. The molecular formula is C7H8F2N2O2. The van der Waals surface area contributed by atoms with Crippen molar-refractivity contribution in [3.05, 3.63) is 18.0 Å². The average Bonchev–Trinajstić information content (AvgIpc) is 2.46. The number of carbonyl (C=O) groups is 1. The number of carbonyl (C=O) groups excluding carboxylic acids is 1. The Balaban J connectivity index is 3.11. The number of ether oxygens (including phenoxy) is 1. The van der Waals surface area contributed by atoms with Gasteiger partial charge < -0.3 is 10.5 Å². The van der Waals surface area contributed by atoms with Gasteiger partial charge in [0.25, 0.3) is 0 Å². The van der Waals surface area contributed by atoms with Gasteiger partial charge in [0.05, 0.1) is 12.8 Å². The number of aromatic nitrogens is 1. The van der Waals surface area contributed by atoms with Crippen LogP contribution in [-0.4, -0.2) is 17.6 Å². The van der Waals surface area contributed by atoms with Crippen molar-refractivity contribution >= 4 is 11.7 Å². The van der Waals surface area contributed by atoms with E-state index in [0.29, 0.717) is 4.57 Å². The van der Waals surface area contributed by atoms with E-state index in [9.17, 15) is 13.6 Å². The minimum Gasteiger partial charge on any atom is -0.464 e. The summed E-state index contributed by atoms with van der Waals surface area (Å²) in [5.74, 6) is -0.836. The number of methoxy groups -OCH3 is 1. The van der Waals surface area contributed by atoms with E-state index in [0.717, 1.165) is 19.4 Å². The zero-order valence-electron chi connectivity index (χ0n) is 6.83. The molecule has 2 N–H and O–H groups in total. The quantitative estimate of drug-likeness (QED) is 0.714. The SMILES string of the molecule is COC(=O)c1cc(N)cn1C(F)F. The number of hydrogen-bond donors (Lipinski definition) is 1. The topological polar surface area (TPSA) is 57.2 Å². The molecule has 0 unspecified atom stereocenters. The summed E-state index contributed by atoms with van der Waals surface area (Å²) < 4.78 is 29.2. The van der Waals surface area contributed by atoms with Crippen molar-refractivity contribution in [2.75, 3.05) is 12.8 Å². The molecule has 0 fully saturated rings. The predicted molar refractivity (Wildman–Crippen MR) is 41.4 cm³/mol. The minimum absolute atomic E-state index is 0.0979. The van der Waals surface area contributed by atoms with E-state index in [1.54, 1.807) is 0 Å². The molecule has 0 saturated heterocycles.